The second kappa shape index (κ2) is 21.0. The van der Waals surface area contributed by atoms with Crippen LogP contribution >= 0.6 is 0 Å². The molecule has 0 radical (unpaired) electrons. The number of nitrogens with zero attached hydrogens (tertiary/aromatic N) is 3. The lowest BCUT2D eigenvalue weighted by molar-refractivity contribution is -0.139. The van der Waals surface area contributed by atoms with Crippen LogP contribution in [-0.4, -0.2) is 84.4 Å². The van der Waals surface area contributed by atoms with Crippen molar-refractivity contribution in [2.45, 2.75) is 57.7 Å². The van der Waals surface area contributed by atoms with Crippen LogP contribution in [0.1, 0.15) is 77.3 Å². The summed E-state index contributed by atoms with van der Waals surface area (Å²) >= 11 is 0. The van der Waals surface area contributed by atoms with Crippen molar-refractivity contribution in [2.75, 3.05) is 39.9 Å². The van der Waals surface area contributed by atoms with Crippen LogP contribution in [0.2, 0.25) is 0 Å². The van der Waals surface area contributed by atoms with E-state index in [1.165, 1.54) is 30.6 Å². The van der Waals surface area contributed by atoms with E-state index in [2.05, 4.69) is 57.1 Å². The fourth-order valence-electron chi connectivity index (χ4n) is 7.25. The molecule has 0 saturated carbocycles. The number of imidazole rings is 1. The molecular formula is C47H53N9O6. The van der Waals surface area contributed by atoms with Crippen LogP contribution in [0, 0.1) is 11.3 Å². The number of amides is 4. The zero-order valence-electron chi connectivity index (χ0n) is 35.2. The Bertz CT molecular complexity index is 2410. The fourth-order valence-corrected chi connectivity index (χ4v) is 7.25. The summed E-state index contributed by atoms with van der Waals surface area (Å²) < 4.78 is 12.2. The fraction of sp³-hybridized carbons (Fsp3) is 0.319. The molecule has 322 valence electrons. The van der Waals surface area contributed by atoms with Crippen LogP contribution in [0.3, 0.4) is 0 Å². The summed E-state index contributed by atoms with van der Waals surface area (Å²) in [6, 6.07) is 25.1. The molecule has 6 rings (SSSR count). The van der Waals surface area contributed by atoms with E-state index in [0.717, 1.165) is 36.0 Å². The third kappa shape index (κ3) is 10.8. The molecule has 4 amide bonds. The number of fused-ring (bicyclic) bond motifs is 5. The van der Waals surface area contributed by atoms with Gasteiger partial charge >= 0.3 is 0 Å². The molecular weight excluding hydrogens is 787 g/mol. The Morgan fingerprint density at radius 3 is 2.16 bits per heavy atom. The van der Waals surface area contributed by atoms with E-state index < -0.39 is 48.3 Å². The van der Waals surface area contributed by atoms with Gasteiger partial charge in [-0.15, -0.1) is 0 Å². The lowest BCUT2D eigenvalue weighted by Crippen LogP contribution is -2.51. The third-order valence-corrected chi connectivity index (χ3v) is 10.6. The van der Waals surface area contributed by atoms with Crippen LogP contribution < -0.4 is 36.9 Å². The van der Waals surface area contributed by atoms with Gasteiger partial charge in [0.2, 0.25) is 17.7 Å². The first kappa shape index (κ1) is 44.5. The Morgan fingerprint density at radius 2 is 1.53 bits per heavy atom. The summed E-state index contributed by atoms with van der Waals surface area (Å²) in [6.07, 6.45) is 4.92. The number of carbonyl (C=O) groups excluding carboxylic acids is 4. The molecule has 1 aliphatic rings. The molecule has 62 heavy (non-hydrogen) atoms. The van der Waals surface area contributed by atoms with Crippen molar-refractivity contribution in [2.24, 2.45) is 11.5 Å². The molecule has 1 aliphatic heterocycles. The molecule has 5 aromatic rings. The molecule has 15 heteroatoms. The lowest BCUT2D eigenvalue weighted by atomic mass is 9.93. The molecule has 0 spiro atoms. The van der Waals surface area contributed by atoms with Gasteiger partial charge in [-0.3, -0.25) is 19.2 Å². The summed E-state index contributed by atoms with van der Waals surface area (Å²) in [7, 11) is 1.46. The number of aryl methyl sites for hydroxylation is 1. The Morgan fingerprint density at radius 1 is 0.887 bits per heavy atom. The molecule has 2 unspecified atom stereocenters. The summed E-state index contributed by atoms with van der Waals surface area (Å²) in [5.41, 5.74) is 17.8. The highest BCUT2D eigenvalue weighted by atomic mass is 16.5. The Hall–Kier alpha value is -7.02. The molecule has 4 bridgehead atoms. The molecule has 0 aliphatic carbocycles. The van der Waals surface area contributed by atoms with Crippen molar-refractivity contribution < 1.29 is 28.7 Å². The van der Waals surface area contributed by atoms with Crippen LogP contribution in [-0.2, 0) is 27.2 Å². The maximum atomic E-state index is 14.4. The van der Waals surface area contributed by atoms with Gasteiger partial charge < -0.3 is 46.8 Å². The minimum Gasteiger partial charge on any atom is -0.492 e. The van der Waals surface area contributed by atoms with Gasteiger partial charge in [0.25, 0.3) is 5.91 Å². The Kier molecular flexibility index (Phi) is 15.1. The Labute approximate surface area is 361 Å². The summed E-state index contributed by atoms with van der Waals surface area (Å²) in [5, 5.41) is 17.9. The highest BCUT2D eigenvalue weighted by molar-refractivity contribution is 5.98. The van der Waals surface area contributed by atoms with E-state index >= 15 is 0 Å². The molecule has 8 N–H and O–H groups in total. The van der Waals surface area contributed by atoms with Crippen LogP contribution in [0.5, 0.6) is 11.5 Å². The molecule has 4 aromatic carbocycles. The van der Waals surface area contributed by atoms with Crippen molar-refractivity contribution in [1.82, 2.24) is 30.8 Å². The monoisotopic (exact) mass is 839 g/mol. The van der Waals surface area contributed by atoms with Crippen LogP contribution in [0.25, 0.3) is 22.3 Å². The zero-order valence-corrected chi connectivity index (χ0v) is 35.2. The number of nitrogens with one attached hydrogen (secondary N) is 4. The first-order chi connectivity index (χ1) is 30.0. The number of H-pyrrole nitrogens is 1. The van der Waals surface area contributed by atoms with E-state index in [0.29, 0.717) is 39.6 Å². The number of hydrogen-bond acceptors (Lipinski definition) is 10. The predicted octanol–water partition coefficient (Wildman–Crippen LogP) is 4.48. The molecule has 0 saturated heterocycles. The Balaban J connectivity index is 1.31. The first-order valence-corrected chi connectivity index (χ1v) is 20.7. The average molecular weight is 840 g/mol. The van der Waals surface area contributed by atoms with Crippen molar-refractivity contribution >= 4 is 23.6 Å². The van der Waals surface area contributed by atoms with Crippen molar-refractivity contribution in [1.29, 1.82) is 5.26 Å². The third-order valence-electron chi connectivity index (χ3n) is 10.6. The number of benzene rings is 4. The maximum absolute atomic E-state index is 14.4. The summed E-state index contributed by atoms with van der Waals surface area (Å²) in [6.45, 7) is 4.15. The second-order valence-corrected chi connectivity index (χ2v) is 15.1. The molecule has 1 aromatic heterocycles. The number of ether oxygens (including phenoxy) is 2. The van der Waals surface area contributed by atoms with Crippen molar-refractivity contribution in [3.63, 3.8) is 0 Å². The number of nitrogens with two attached hydrogens (primary N) is 2. The van der Waals surface area contributed by atoms with Crippen LogP contribution in [0.4, 0.5) is 0 Å². The van der Waals surface area contributed by atoms with Crippen molar-refractivity contribution in [3.8, 4) is 39.8 Å². The van der Waals surface area contributed by atoms with E-state index in [1.807, 2.05) is 30.3 Å². The van der Waals surface area contributed by atoms with E-state index in [9.17, 15) is 24.4 Å². The molecule has 15 nitrogen and oxygen atoms in total. The van der Waals surface area contributed by atoms with Gasteiger partial charge in [0, 0.05) is 36.8 Å². The molecule has 2 heterocycles. The second-order valence-electron chi connectivity index (χ2n) is 15.1. The molecule has 3 atom stereocenters. The molecule has 0 fully saturated rings. The van der Waals surface area contributed by atoms with E-state index in [1.54, 1.807) is 36.4 Å². The number of aromatic nitrogens is 2. The number of carbonyl (C=O) groups is 4. The van der Waals surface area contributed by atoms with Gasteiger partial charge in [0.1, 0.15) is 54.4 Å². The van der Waals surface area contributed by atoms with Crippen LogP contribution in [0.15, 0.2) is 91.1 Å². The van der Waals surface area contributed by atoms with E-state index in [4.69, 9.17) is 20.9 Å². The standard InChI is InChI=1S/C47H53N9O6/c1-4-5-6-30-7-10-32(11-8-30)33-12-14-34(15-13-33)46(59)52-28-42(57)56(3)43-35-16-18-41(62-22-20-49)38(25-35)37-23-31(9-17-40(37)61-21-19-48)24-39(44-51-27-36(26-50)54-44)55-45(58)29(2)53-47(43)60/h7-18,23,25,27,29,39,43H,4-6,19-22,24,28,48-49H2,1-3H3,(H,51,54)(H,52,59)(H,53,60)(H,55,58)/t29-,39?,43?/m0/s1. The SMILES string of the molecule is CCCCc1ccc(-c2ccc(C(=O)NCC(=O)N(C)C3C(=O)N[C@@H](C)C(=O)NC(c4ncc(C#N)[nH]4)Cc4ccc(OCCN)c(c4)-c4cc3ccc4OCCN)cc2)cc1. The highest BCUT2D eigenvalue weighted by Gasteiger charge is 2.33. The van der Waals surface area contributed by atoms with Gasteiger partial charge in [0.05, 0.1) is 18.8 Å². The largest absolute Gasteiger partial charge is 0.492 e. The smallest absolute Gasteiger partial charge is 0.251 e. The predicted molar refractivity (Wildman–Crippen MR) is 235 cm³/mol. The van der Waals surface area contributed by atoms with Crippen molar-refractivity contribution in [3.05, 3.63) is 125 Å². The topological polar surface area (TPSA) is 231 Å². The number of rotatable bonds is 15. The van der Waals surface area contributed by atoms with E-state index in [-0.39, 0.29) is 38.4 Å². The quantitative estimate of drug-likeness (QED) is 0.0866. The number of hydrogen-bond donors (Lipinski definition) is 6. The highest BCUT2D eigenvalue weighted by Crippen LogP contribution is 2.40. The van der Waals surface area contributed by atoms with Gasteiger partial charge in [-0.05, 0) is 90.4 Å². The summed E-state index contributed by atoms with van der Waals surface area (Å²) in [4.78, 5) is 64.0. The average Bonchev–Trinajstić information content (AvgIpc) is 3.78. The summed E-state index contributed by atoms with van der Waals surface area (Å²) in [5.74, 6) is -0.956. The normalized spacial score (nSPS) is 16.2. The number of aromatic amines is 1. The minimum absolute atomic E-state index is 0.188. The maximum Gasteiger partial charge on any atom is 0.251 e. The minimum atomic E-state index is -1.27. The first-order valence-electron chi connectivity index (χ1n) is 20.7. The van der Waals surface area contributed by atoms with Gasteiger partial charge in [-0.25, -0.2) is 4.98 Å². The number of nitriles is 1. The number of unbranched alkanes of at least 4 members (excludes halogenated alkanes) is 1. The zero-order chi connectivity index (χ0) is 44.2. The lowest BCUT2D eigenvalue weighted by Gasteiger charge is -2.30. The van der Waals surface area contributed by atoms with Gasteiger partial charge in [-0.1, -0.05) is 61.9 Å². The van der Waals surface area contributed by atoms with Gasteiger partial charge in [0.15, 0.2) is 0 Å². The van der Waals surface area contributed by atoms with Gasteiger partial charge in [-0.2, -0.15) is 5.26 Å². The number of likely N-dealkylation sites (N-methyl/N-ethyl adjacent to an activating group) is 1.